The van der Waals surface area contributed by atoms with E-state index in [1.54, 1.807) is 7.11 Å². The second-order valence-corrected chi connectivity index (χ2v) is 4.83. The molecule has 0 amide bonds. The number of hydrogen-bond acceptors (Lipinski definition) is 1. The van der Waals surface area contributed by atoms with E-state index in [9.17, 15) is 0 Å². The van der Waals surface area contributed by atoms with E-state index < -0.39 is 0 Å². The van der Waals surface area contributed by atoms with E-state index in [1.165, 1.54) is 24.8 Å². The summed E-state index contributed by atoms with van der Waals surface area (Å²) in [5.41, 5.74) is 2.02. The fourth-order valence-electron chi connectivity index (χ4n) is 1.96. The van der Waals surface area contributed by atoms with Crippen molar-refractivity contribution in [2.45, 2.75) is 40.0 Å². The molecular formula is C12H22O. The van der Waals surface area contributed by atoms with Gasteiger partial charge in [0.1, 0.15) is 0 Å². The van der Waals surface area contributed by atoms with Crippen molar-refractivity contribution in [2.24, 2.45) is 11.3 Å². The third-order valence-electron chi connectivity index (χ3n) is 3.17. The minimum Gasteiger partial charge on any atom is -0.384 e. The van der Waals surface area contributed by atoms with E-state index >= 15 is 0 Å². The molecule has 76 valence electrons. The molecule has 0 aromatic rings. The molecule has 0 aliphatic heterocycles. The van der Waals surface area contributed by atoms with Gasteiger partial charge in [-0.3, -0.25) is 0 Å². The summed E-state index contributed by atoms with van der Waals surface area (Å²) >= 11 is 0. The summed E-state index contributed by atoms with van der Waals surface area (Å²) in [4.78, 5) is 0. The topological polar surface area (TPSA) is 9.23 Å². The normalized spacial score (nSPS) is 31.5. The predicted octanol–water partition coefficient (Wildman–Crippen LogP) is 3.41. The number of ether oxygens (including phenoxy) is 1. The van der Waals surface area contributed by atoms with E-state index in [0.717, 1.165) is 12.5 Å². The zero-order chi connectivity index (χ0) is 9.90. The van der Waals surface area contributed by atoms with Crippen molar-refractivity contribution in [1.82, 2.24) is 0 Å². The van der Waals surface area contributed by atoms with Gasteiger partial charge in [-0.1, -0.05) is 18.6 Å². The molecule has 1 nitrogen and oxygen atoms in total. The minimum atomic E-state index is 0.585. The van der Waals surface area contributed by atoms with Crippen LogP contribution in [0.3, 0.4) is 0 Å². The van der Waals surface area contributed by atoms with E-state index in [1.807, 2.05) is 0 Å². The first-order chi connectivity index (χ1) is 6.08. The molecule has 13 heavy (non-hydrogen) atoms. The van der Waals surface area contributed by atoms with Gasteiger partial charge >= 0.3 is 0 Å². The van der Waals surface area contributed by atoms with Gasteiger partial charge in [-0.2, -0.15) is 0 Å². The summed E-state index contributed by atoms with van der Waals surface area (Å²) in [5.74, 6) is 0.822. The molecule has 1 rings (SSSR count). The number of allylic oxidation sites excluding steroid dienone is 2. The highest BCUT2D eigenvalue weighted by molar-refractivity contribution is 5.01. The molecule has 0 spiro atoms. The Balaban J connectivity index is 2.20. The van der Waals surface area contributed by atoms with Crippen LogP contribution < -0.4 is 0 Å². The second-order valence-electron chi connectivity index (χ2n) is 4.83. The third kappa shape index (κ3) is 3.15. The van der Waals surface area contributed by atoms with Crippen LogP contribution in [0.4, 0.5) is 0 Å². The lowest BCUT2D eigenvalue weighted by Gasteiger charge is -2.08. The van der Waals surface area contributed by atoms with E-state index in [2.05, 4.69) is 26.8 Å². The van der Waals surface area contributed by atoms with Crippen molar-refractivity contribution in [3.8, 4) is 0 Å². The fraction of sp³-hybridized carbons (Fsp3) is 0.833. The lowest BCUT2D eigenvalue weighted by Crippen LogP contribution is -2.02. The Morgan fingerprint density at radius 3 is 2.77 bits per heavy atom. The van der Waals surface area contributed by atoms with E-state index in [0.29, 0.717) is 5.41 Å². The third-order valence-corrected chi connectivity index (χ3v) is 3.17. The van der Waals surface area contributed by atoms with Crippen LogP contribution in [0.2, 0.25) is 0 Å². The Morgan fingerprint density at radius 1 is 1.54 bits per heavy atom. The van der Waals surface area contributed by atoms with Gasteiger partial charge < -0.3 is 4.74 Å². The Kier molecular flexibility index (Phi) is 3.55. The lowest BCUT2D eigenvalue weighted by atomic mass is 9.99. The van der Waals surface area contributed by atoms with Gasteiger partial charge in [0.25, 0.3) is 0 Å². The molecule has 2 atom stereocenters. The standard InChI is InChI=1S/C12H22O/c1-10(2)6-5-7-12(3)8-11(12)9-13-4/h6,11H,5,7-9H2,1-4H3. The molecule has 0 aromatic heterocycles. The maximum atomic E-state index is 5.17. The average molecular weight is 182 g/mol. The van der Waals surface area contributed by atoms with Gasteiger partial charge in [0.2, 0.25) is 0 Å². The highest BCUT2D eigenvalue weighted by atomic mass is 16.5. The molecule has 0 aromatic carbocycles. The molecule has 0 radical (unpaired) electrons. The Hall–Kier alpha value is -0.300. The summed E-state index contributed by atoms with van der Waals surface area (Å²) in [5, 5.41) is 0. The average Bonchev–Trinajstić information content (AvgIpc) is 2.62. The van der Waals surface area contributed by atoms with Crippen molar-refractivity contribution in [1.29, 1.82) is 0 Å². The zero-order valence-electron chi connectivity index (χ0n) is 9.39. The second kappa shape index (κ2) is 4.28. The first-order valence-electron chi connectivity index (χ1n) is 5.21. The van der Waals surface area contributed by atoms with Crippen LogP contribution in [0.5, 0.6) is 0 Å². The molecule has 0 N–H and O–H groups in total. The van der Waals surface area contributed by atoms with Crippen LogP contribution in [-0.2, 0) is 4.74 Å². The zero-order valence-corrected chi connectivity index (χ0v) is 9.39. The molecule has 0 heterocycles. The summed E-state index contributed by atoms with van der Waals surface area (Å²) in [6.07, 6.45) is 6.26. The summed E-state index contributed by atoms with van der Waals surface area (Å²) in [6, 6.07) is 0. The molecule has 1 aliphatic carbocycles. The van der Waals surface area contributed by atoms with Gasteiger partial charge in [-0.05, 0) is 44.4 Å². The van der Waals surface area contributed by atoms with Crippen molar-refractivity contribution < 1.29 is 4.74 Å². The number of hydrogen-bond donors (Lipinski definition) is 0. The first-order valence-corrected chi connectivity index (χ1v) is 5.21. The summed E-state index contributed by atoms with van der Waals surface area (Å²) < 4.78 is 5.17. The lowest BCUT2D eigenvalue weighted by molar-refractivity contribution is 0.171. The van der Waals surface area contributed by atoms with Crippen LogP contribution >= 0.6 is 0 Å². The SMILES string of the molecule is COCC1CC1(C)CCC=C(C)C. The van der Waals surface area contributed by atoms with Gasteiger partial charge in [-0.25, -0.2) is 0 Å². The quantitative estimate of drug-likeness (QED) is 0.592. The fourth-order valence-corrected chi connectivity index (χ4v) is 1.96. The Morgan fingerprint density at radius 2 is 2.23 bits per heavy atom. The van der Waals surface area contributed by atoms with E-state index in [4.69, 9.17) is 4.74 Å². The molecule has 0 saturated heterocycles. The molecule has 1 aliphatic rings. The highest BCUT2D eigenvalue weighted by Gasteiger charge is 2.48. The van der Waals surface area contributed by atoms with Crippen LogP contribution in [-0.4, -0.2) is 13.7 Å². The molecule has 2 unspecified atom stereocenters. The summed E-state index contributed by atoms with van der Waals surface area (Å²) in [6.45, 7) is 7.67. The van der Waals surface area contributed by atoms with Crippen LogP contribution in [0.1, 0.15) is 40.0 Å². The van der Waals surface area contributed by atoms with Crippen LogP contribution in [0, 0.1) is 11.3 Å². The smallest absolute Gasteiger partial charge is 0.0495 e. The minimum absolute atomic E-state index is 0.585. The number of rotatable bonds is 5. The van der Waals surface area contributed by atoms with Crippen molar-refractivity contribution >= 4 is 0 Å². The molecule has 0 bridgehead atoms. The maximum absolute atomic E-state index is 5.17. The largest absolute Gasteiger partial charge is 0.384 e. The van der Waals surface area contributed by atoms with Crippen molar-refractivity contribution in [3.63, 3.8) is 0 Å². The van der Waals surface area contributed by atoms with Crippen LogP contribution in [0.15, 0.2) is 11.6 Å². The molecule has 1 fully saturated rings. The number of methoxy groups -OCH3 is 1. The monoisotopic (exact) mass is 182 g/mol. The molecule has 1 saturated carbocycles. The predicted molar refractivity (Wildman–Crippen MR) is 56.8 cm³/mol. The van der Waals surface area contributed by atoms with Gasteiger partial charge in [0.05, 0.1) is 0 Å². The highest BCUT2D eigenvalue weighted by Crippen LogP contribution is 2.55. The van der Waals surface area contributed by atoms with Crippen LogP contribution in [0.25, 0.3) is 0 Å². The van der Waals surface area contributed by atoms with Gasteiger partial charge in [-0.15, -0.1) is 0 Å². The summed E-state index contributed by atoms with van der Waals surface area (Å²) in [7, 11) is 1.80. The van der Waals surface area contributed by atoms with Gasteiger partial charge in [0, 0.05) is 13.7 Å². The maximum Gasteiger partial charge on any atom is 0.0495 e. The Bertz CT molecular complexity index is 191. The Labute approximate surface area is 82.2 Å². The molecule has 1 heteroatoms. The van der Waals surface area contributed by atoms with Crippen molar-refractivity contribution in [2.75, 3.05) is 13.7 Å². The van der Waals surface area contributed by atoms with Gasteiger partial charge in [0.15, 0.2) is 0 Å². The van der Waals surface area contributed by atoms with Crippen molar-refractivity contribution in [3.05, 3.63) is 11.6 Å². The van der Waals surface area contributed by atoms with E-state index in [-0.39, 0.29) is 0 Å². The first kappa shape index (κ1) is 10.8. The molecular weight excluding hydrogens is 160 g/mol.